The van der Waals surface area contributed by atoms with Gasteiger partial charge in [0.1, 0.15) is 5.52 Å². The number of nitrogens with one attached hydrogen (secondary N) is 1. The standard InChI is InChI=1S/C10H10N4O/c11-9(15)3-1-2-7-6-13-10-8(14-7)4-5-12-10/h1-2,4-6H,3H2,(H2,11,15)(H,12,13). The van der Waals surface area contributed by atoms with E-state index >= 15 is 0 Å². The van der Waals surface area contributed by atoms with Gasteiger partial charge in [-0.3, -0.25) is 4.79 Å². The molecule has 1 amide bonds. The number of nitrogens with two attached hydrogens (primary N) is 1. The Hall–Kier alpha value is -2.17. The van der Waals surface area contributed by atoms with Gasteiger partial charge in [0.25, 0.3) is 0 Å². The highest BCUT2D eigenvalue weighted by molar-refractivity contribution is 5.76. The number of H-pyrrole nitrogens is 1. The summed E-state index contributed by atoms with van der Waals surface area (Å²) in [5.41, 5.74) is 7.26. The molecule has 2 aromatic heterocycles. The Morgan fingerprint density at radius 3 is 3.27 bits per heavy atom. The monoisotopic (exact) mass is 202 g/mol. The van der Waals surface area contributed by atoms with Crippen LogP contribution in [0.15, 0.2) is 24.5 Å². The van der Waals surface area contributed by atoms with Crippen LogP contribution >= 0.6 is 0 Å². The van der Waals surface area contributed by atoms with Gasteiger partial charge in [-0.15, -0.1) is 0 Å². The molecule has 5 nitrogen and oxygen atoms in total. The van der Waals surface area contributed by atoms with Crippen LogP contribution in [0.5, 0.6) is 0 Å². The van der Waals surface area contributed by atoms with Crippen LogP contribution in [-0.4, -0.2) is 20.9 Å². The van der Waals surface area contributed by atoms with Gasteiger partial charge in [-0.2, -0.15) is 0 Å². The molecule has 0 fully saturated rings. The maximum Gasteiger partial charge on any atom is 0.221 e. The van der Waals surface area contributed by atoms with E-state index in [-0.39, 0.29) is 12.3 Å². The molecule has 2 heterocycles. The normalized spacial score (nSPS) is 11.2. The number of primary amides is 1. The van der Waals surface area contributed by atoms with E-state index in [0.717, 1.165) is 11.2 Å². The highest BCUT2D eigenvalue weighted by Gasteiger charge is 1.97. The van der Waals surface area contributed by atoms with E-state index in [1.807, 2.05) is 6.07 Å². The molecule has 0 saturated carbocycles. The molecule has 0 aromatic carbocycles. The van der Waals surface area contributed by atoms with Gasteiger partial charge >= 0.3 is 0 Å². The van der Waals surface area contributed by atoms with E-state index < -0.39 is 0 Å². The van der Waals surface area contributed by atoms with Crippen LogP contribution in [-0.2, 0) is 4.79 Å². The number of fused-ring (bicyclic) bond motifs is 1. The molecule has 5 heteroatoms. The minimum Gasteiger partial charge on any atom is -0.369 e. The Kier molecular flexibility index (Phi) is 2.45. The van der Waals surface area contributed by atoms with Gasteiger partial charge in [0.15, 0.2) is 5.65 Å². The second-order valence-corrected chi connectivity index (χ2v) is 3.08. The van der Waals surface area contributed by atoms with Crippen molar-refractivity contribution in [2.24, 2.45) is 5.73 Å². The van der Waals surface area contributed by atoms with Gasteiger partial charge in [0.05, 0.1) is 11.9 Å². The third-order valence-electron chi connectivity index (χ3n) is 1.89. The van der Waals surface area contributed by atoms with E-state index in [2.05, 4.69) is 15.0 Å². The first kappa shape index (κ1) is 9.39. The van der Waals surface area contributed by atoms with E-state index in [9.17, 15) is 4.79 Å². The van der Waals surface area contributed by atoms with Gasteiger partial charge in [-0.05, 0) is 12.1 Å². The number of carbonyl (C=O) groups is 1. The number of rotatable bonds is 3. The van der Waals surface area contributed by atoms with Crippen molar-refractivity contribution >= 4 is 23.1 Å². The Balaban J connectivity index is 2.21. The average Bonchev–Trinajstić information content (AvgIpc) is 2.64. The first-order valence-corrected chi connectivity index (χ1v) is 4.50. The Bertz CT molecular complexity index is 515. The zero-order valence-electron chi connectivity index (χ0n) is 7.97. The fourth-order valence-electron chi connectivity index (χ4n) is 1.22. The summed E-state index contributed by atoms with van der Waals surface area (Å²) < 4.78 is 0. The van der Waals surface area contributed by atoms with Crippen molar-refractivity contribution < 1.29 is 4.79 Å². The predicted octanol–water partition coefficient (Wildman–Crippen LogP) is 0.847. The smallest absolute Gasteiger partial charge is 0.221 e. The number of carbonyl (C=O) groups excluding carboxylic acids is 1. The van der Waals surface area contributed by atoms with Crippen LogP contribution in [0.25, 0.3) is 17.2 Å². The van der Waals surface area contributed by atoms with Crippen molar-refractivity contribution in [2.75, 3.05) is 0 Å². The predicted molar refractivity (Wildman–Crippen MR) is 56.7 cm³/mol. The van der Waals surface area contributed by atoms with E-state index in [4.69, 9.17) is 5.73 Å². The van der Waals surface area contributed by atoms with Crippen LogP contribution in [0, 0.1) is 0 Å². The summed E-state index contributed by atoms with van der Waals surface area (Å²) >= 11 is 0. The van der Waals surface area contributed by atoms with Crippen LogP contribution in [0.4, 0.5) is 0 Å². The summed E-state index contributed by atoms with van der Waals surface area (Å²) in [5, 5.41) is 0. The molecule has 0 saturated heterocycles. The van der Waals surface area contributed by atoms with E-state index in [1.165, 1.54) is 0 Å². The summed E-state index contributed by atoms with van der Waals surface area (Å²) in [6, 6.07) is 1.84. The summed E-state index contributed by atoms with van der Waals surface area (Å²) in [6.45, 7) is 0. The fourth-order valence-corrected chi connectivity index (χ4v) is 1.22. The van der Waals surface area contributed by atoms with Crippen LogP contribution in [0.1, 0.15) is 12.1 Å². The van der Waals surface area contributed by atoms with E-state index in [1.54, 1.807) is 24.5 Å². The molecule has 2 aromatic rings. The molecule has 0 radical (unpaired) electrons. The zero-order chi connectivity index (χ0) is 10.7. The Labute approximate surface area is 86.0 Å². The fraction of sp³-hybridized carbons (Fsp3) is 0.100. The molecule has 3 N–H and O–H groups in total. The molecule has 0 aliphatic heterocycles. The lowest BCUT2D eigenvalue weighted by Crippen LogP contribution is -2.07. The number of nitrogens with zero attached hydrogens (tertiary/aromatic N) is 2. The molecule has 0 atom stereocenters. The number of hydrogen-bond donors (Lipinski definition) is 2. The molecule has 0 aliphatic carbocycles. The molecular weight excluding hydrogens is 192 g/mol. The number of amides is 1. The summed E-state index contributed by atoms with van der Waals surface area (Å²) in [4.78, 5) is 21.9. The van der Waals surface area contributed by atoms with Crippen LogP contribution in [0.2, 0.25) is 0 Å². The van der Waals surface area contributed by atoms with Gasteiger partial charge in [0, 0.05) is 12.6 Å². The van der Waals surface area contributed by atoms with Crippen molar-refractivity contribution in [3.8, 4) is 0 Å². The zero-order valence-corrected chi connectivity index (χ0v) is 7.97. The quantitative estimate of drug-likeness (QED) is 0.773. The molecule has 0 unspecified atom stereocenters. The molecule has 2 rings (SSSR count). The third kappa shape index (κ3) is 2.19. The Morgan fingerprint density at radius 2 is 2.47 bits per heavy atom. The maximum absolute atomic E-state index is 10.5. The largest absolute Gasteiger partial charge is 0.369 e. The topological polar surface area (TPSA) is 84.7 Å². The highest BCUT2D eigenvalue weighted by atomic mass is 16.1. The molecular formula is C10H10N4O. The minimum absolute atomic E-state index is 0.215. The van der Waals surface area contributed by atoms with Gasteiger partial charge in [-0.1, -0.05) is 6.08 Å². The summed E-state index contributed by atoms with van der Waals surface area (Å²) in [7, 11) is 0. The second-order valence-electron chi connectivity index (χ2n) is 3.08. The van der Waals surface area contributed by atoms with E-state index in [0.29, 0.717) is 5.69 Å². The lowest BCUT2D eigenvalue weighted by atomic mass is 10.3. The maximum atomic E-state index is 10.5. The molecule has 0 aliphatic rings. The first-order valence-electron chi connectivity index (χ1n) is 4.50. The van der Waals surface area contributed by atoms with Crippen molar-refractivity contribution in [1.82, 2.24) is 15.0 Å². The van der Waals surface area contributed by atoms with Crippen molar-refractivity contribution in [3.63, 3.8) is 0 Å². The Morgan fingerprint density at radius 1 is 1.60 bits per heavy atom. The molecule has 15 heavy (non-hydrogen) atoms. The molecule has 0 spiro atoms. The van der Waals surface area contributed by atoms with Gasteiger partial charge in [0.2, 0.25) is 5.91 Å². The number of hydrogen-bond acceptors (Lipinski definition) is 3. The molecule has 76 valence electrons. The van der Waals surface area contributed by atoms with Crippen molar-refractivity contribution in [1.29, 1.82) is 0 Å². The second kappa shape index (κ2) is 3.91. The SMILES string of the molecule is NC(=O)CC=Cc1cnc2[nH]ccc2n1. The summed E-state index contributed by atoms with van der Waals surface area (Å²) in [6.07, 6.45) is 7.03. The van der Waals surface area contributed by atoms with Crippen molar-refractivity contribution in [3.05, 3.63) is 30.2 Å². The highest BCUT2D eigenvalue weighted by Crippen LogP contribution is 2.07. The van der Waals surface area contributed by atoms with Gasteiger partial charge < -0.3 is 10.7 Å². The lowest BCUT2D eigenvalue weighted by Gasteiger charge is -1.92. The van der Waals surface area contributed by atoms with Crippen LogP contribution in [0.3, 0.4) is 0 Å². The molecule has 0 bridgehead atoms. The average molecular weight is 202 g/mol. The number of aromatic nitrogens is 3. The number of aromatic amines is 1. The minimum atomic E-state index is -0.359. The summed E-state index contributed by atoms with van der Waals surface area (Å²) in [5.74, 6) is -0.359. The van der Waals surface area contributed by atoms with Gasteiger partial charge in [-0.25, -0.2) is 9.97 Å². The lowest BCUT2D eigenvalue weighted by molar-refractivity contribution is -0.117. The van der Waals surface area contributed by atoms with Crippen molar-refractivity contribution in [2.45, 2.75) is 6.42 Å². The van der Waals surface area contributed by atoms with Crippen LogP contribution < -0.4 is 5.73 Å². The third-order valence-corrected chi connectivity index (χ3v) is 1.89. The first-order chi connectivity index (χ1) is 7.25.